The van der Waals surface area contributed by atoms with E-state index in [0.717, 1.165) is 10.2 Å². The van der Waals surface area contributed by atoms with Crippen molar-refractivity contribution in [1.29, 1.82) is 0 Å². The molecule has 19 heavy (non-hydrogen) atoms. The van der Waals surface area contributed by atoms with Crippen LogP contribution in [0, 0.1) is 0 Å². The van der Waals surface area contributed by atoms with Crippen LogP contribution < -0.4 is 4.74 Å². The van der Waals surface area contributed by atoms with Gasteiger partial charge in [0.1, 0.15) is 5.75 Å². The van der Waals surface area contributed by atoms with Crippen molar-refractivity contribution in [3.63, 3.8) is 0 Å². The van der Waals surface area contributed by atoms with E-state index >= 15 is 0 Å². The van der Waals surface area contributed by atoms with E-state index in [0.29, 0.717) is 0 Å². The molecular weight excluding hydrogens is 300 g/mol. The number of ether oxygens (including phenoxy) is 1. The highest BCUT2D eigenvalue weighted by Gasteiger charge is 2.15. The van der Waals surface area contributed by atoms with Crippen LogP contribution >= 0.6 is 15.9 Å². The van der Waals surface area contributed by atoms with Crippen molar-refractivity contribution >= 4 is 15.9 Å². The van der Waals surface area contributed by atoms with Crippen LogP contribution in [0.15, 0.2) is 46.9 Å². The van der Waals surface area contributed by atoms with Gasteiger partial charge in [-0.2, -0.15) is 0 Å². The summed E-state index contributed by atoms with van der Waals surface area (Å²) in [5, 5.41) is 0. The zero-order chi connectivity index (χ0) is 14.0. The van der Waals surface area contributed by atoms with E-state index in [1.807, 2.05) is 12.1 Å². The predicted molar refractivity (Wildman–Crippen MR) is 84.8 cm³/mol. The maximum Gasteiger partial charge on any atom is 0.118 e. The Labute approximate surface area is 123 Å². The topological polar surface area (TPSA) is 9.23 Å². The lowest BCUT2D eigenvalue weighted by Gasteiger charge is -2.20. The first-order valence-corrected chi connectivity index (χ1v) is 7.15. The SMILES string of the molecule is COc1ccc(-c2cc(Br)cc(C(C)(C)C)c2)cc1. The molecule has 1 nitrogen and oxygen atoms in total. The van der Waals surface area contributed by atoms with Crippen molar-refractivity contribution in [2.45, 2.75) is 26.2 Å². The fourth-order valence-corrected chi connectivity index (χ4v) is 2.47. The standard InChI is InChI=1S/C17H19BrO/c1-17(2,3)14-9-13(10-15(18)11-14)12-5-7-16(19-4)8-6-12/h5-11H,1-4H3. The Kier molecular flexibility index (Phi) is 4.00. The highest BCUT2D eigenvalue weighted by Crippen LogP contribution is 2.31. The van der Waals surface area contributed by atoms with Crippen LogP contribution in [0.5, 0.6) is 5.75 Å². The maximum absolute atomic E-state index is 5.20. The van der Waals surface area contributed by atoms with Gasteiger partial charge in [0.2, 0.25) is 0 Å². The molecule has 0 heterocycles. The molecule has 0 spiro atoms. The molecule has 0 radical (unpaired) electrons. The quantitative estimate of drug-likeness (QED) is 0.718. The number of halogens is 1. The smallest absolute Gasteiger partial charge is 0.118 e. The molecule has 0 aliphatic carbocycles. The van der Waals surface area contributed by atoms with Crippen molar-refractivity contribution in [3.8, 4) is 16.9 Å². The van der Waals surface area contributed by atoms with Crippen molar-refractivity contribution < 1.29 is 4.74 Å². The van der Waals surface area contributed by atoms with Gasteiger partial charge in [-0.1, -0.05) is 54.9 Å². The highest BCUT2D eigenvalue weighted by molar-refractivity contribution is 9.10. The summed E-state index contributed by atoms with van der Waals surface area (Å²) in [6.07, 6.45) is 0. The van der Waals surface area contributed by atoms with Crippen molar-refractivity contribution in [2.24, 2.45) is 0 Å². The molecule has 0 unspecified atom stereocenters. The van der Waals surface area contributed by atoms with Crippen molar-refractivity contribution in [1.82, 2.24) is 0 Å². The van der Waals surface area contributed by atoms with Gasteiger partial charge in [-0.25, -0.2) is 0 Å². The fraction of sp³-hybridized carbons (Fsp3) is 0.294. The van der Waals surface area contributed by atoms with Gasteiger partial charge in [0.05, 0.1) is 7.11 Å². The van der Waals surface area contributed by atoms with Crippen LogP contribution in [0.4, 0.5) is 0 Å². The van der Waals surface area contributed by atoms with E-state index in [1.54, 1.807) is 7.11 Å². The van der Waals surface area contributed by atoms with Crippen molar-refractivity contribution in [2.75, 3.05) is 7.11 Å². The molecule has 0 bridgehead atoms. The third kappa shape index (κ3) is 3.38. The Balaban J connectivity index is 2.46. The van der Waals surface area contributed by atoms with Crippen LogP contribution in [-0.4, -0.2) is 7.11 Å². The number of hydrogen-bond donors (Lipinski definition) is 0. The van der Waals surface area contributed by atoms with Gasteiger partial charge < -0.3 is 4.74 Å². The number of rotatable bonds is 2. The van der Waals surface area contributed by atoms with E-state index in [4.69, 9.17) is 4.74 Å². The molecule has 0 N–H and O–H groups in total. The third-order valence-electron chi connectivity index (χ3n) is 3.19. The largest absolute Gasteiger partial charge is 0.497 e. The van der Waals surface area contributed by atoms with Crippen LogP contribution in [0.25, 0.3) is 11.1 Å². The lowest BCUT2D eigenvalue weighted by molar-refractivity contribution is 0.415. The summed E-state index contributed by atoms with van der Waals surface area (Å²) in [6, 6.07) is 14.8. The van der Waals surface area contributed by atoms with E-state index < -0.39 is 0 Å². The van der Waals surface area contributed by atoms with Gasteiger partial charge in [-0.3, -0.25) is 0 Å². The molecule has 2 aromatic rings. The molecule has 2 aromatic carbocycles. The Morgan fingerprint density at radius 2 is 1.53 bits per heavy atom. The molecule has 0 aliphatic heterocycles. The molecule has 0 atom stereocenters. The zero-order valence-corrected chi connectivity index (χ0v) is 13.4. The van der Waals surface area contributed by atoms with Gasteiger partial charge in [0.15, 0.2) is 0 Å². The van der Waals surface area contributed by atoms with Crippen LogP contribution in [0.2, 0.25) is 0 Å². The number of benzene rings is 2. The molecule has 0 aliphatic rings. The fourth-order valence-electron chi connectivity index (χ4n) is 1.97. The first-order chi connectivity index (χ1) is 8.90. The molecule has 2 rings (SSSR count). The van der Waals surface area contributed by atoms with Gasteiger partial charge in [0.25, 0.3) is 0 Å². The molecule has 0 saturated heterocycles. The molecule has 2 heteroatoms. The molecule has 100 valence electrons. The minimum Gasteiger partial charge on any atom is -0.497 e. The average molecular weight is 319 g/mol. The minimum absolute atomic E-state index is 0.144. The Bertz CT molecular complexity index is 565. The first-order valence-electron chi connectivity index (χ1n) is 6.35. The van der Waals surface area contributed by atoms with E-state index in [9.17, 15) is 0 Å². The second kappa shape index (κ2) is 5.38. The van der Waals surface area contributed by atoms with E-state index in [2.05, 4.69) is 67.0 Å². The Morgan fingerprint density at radius 3 is 2.05 bits per heavy atom. The van der Waals surface area contributed by atoms with Gasteiger partial charge in [0, 0.05) is 4.47 Å². The Morgan fingerprint density at radius 1 is 0.895 bits per heavy atom. The normalized spacial score (nSPS) is 11.4. The maximum atomic E-state index is 5.20. The second-order valence-electron chi connectivity index (χ2n) is 5.71. The summed E-state index contributed by atoms with van der Waals surface area (Å²) in [5.41, 5.74) is 3.90. The molecular formula is C17H19BrO. The van der Waals surface area contributed by atoms with E-state index in [-0.39, 0.29) is 5.41 Å². The predicted octanol–water partition coefficient (Wildman–Crippen LogP) is 5.42. The summed E-state index contributed by atoms with van der Waals surface area (Å²) in [7, 11) is 1.69. The summed E-state index contributed by atoms with van der Waals surface area (Å²) < 4.78 is 6.31. The molecule has 0 fully saturated rings. The lowest BCUT2D eigenvalue weighted by atomic mass is 9.85. The summed E-state index contributed by atoms with van der Waals surface area (Å²) in [4.78, 5) is 0. The monoisotopic (exact) mass is 318 g/mol. The number of methoxy groups -OCH3 is 1. The summed E-state index contributed by atoms with van der Waals surface area (Å²) >= 11 is 3.61. The first kappa shape index (κ1) is 14.1. The van der Waals surface area contributed by atoms with Gasteiger partial charge in [-0.05, 0) is 46.4 Å². The minimum atomic E-state index is 0.144. The van der Waals surface area contributed by atoms with Gasteiger partial charge in [-0.15, -0.1) is 0 Å². The molecule has 0 aromatic heterocycles. The third-order valence-corrected chi connectivity index (χ3v) is 3.64. The average Bonchev–Trinajstić information content (AvgIpc) is 2.37. The van der Waals surface area contributed by atoms with E-state index in [1.165, 1.54) is 16.7 Å². The second-order valence-corrected chi connectivity index (χ2v) is 6.62. The van der Waals surface area contributed by atoms with Crippen LogP contribution in [0.3, 0.4) is 0 Å². The summed E-state index contributed by atoms with van der Waals surface area (Å²) in [5.74, 6) is 0.884. The van der Waals surface area contributed by atoms with Crippen LogP contribution in [-0.2, 0) is 5.41 Å². The zero-order valence-electron chi connectivity index (χ0n) is 11.8. The molecule has 0 saturated carbocycles. The summed E-state index contributed by atoms with van der Waals surface area (Å²) in [6.45, 7) is 6.69. The Hall–Kier alpha value is -1.28. The molecule has 0 amide bonds. The van der Waals surface area contributed by atoms with Gasteiger partial charge >= 0.3 is 0 Å². The number of hydrogen-bond acceptors (Lipinski definition) is 1. The van der Waals surface area contributed by atoms with Crippen molar-refractivity contribution in [3.05, 3.63) is 52.5 Å². The highest BCUT2D eigenvalue weighted by atomic mass is 79.9. The lowest BCUT2D eigenvalue weighted by Crippen LogP contribution is -2.11. The van der Waals surface area contributed by atoms with Crippen LogP contribution in [0.1, 0.15) is 26.3 Å².